The summed E-state index contributed by atoms with van der Waals surface area (Å²) in [5, 5.41) is 0. The van der Waals surface area contributed by atoms with Gasteiger partial charge in [-0.2, -0.15) is 0 Å². The number of piperidine rings is 1. The standard InChI is InChI=1S/C17H29N3O/c1-5-20-11-9-14(10-12-20)19(3)15-7-6-8-16(21-4)17(15)13(2)18/h6-8,13-14H,5,9-12,18H2,1-4H3/t13-/m1/s1. The predicted octanol–water partition coefficient (Wildman–Crippen LogP) is 2.64. The van der Waals surface area contributed by atoms with Gasteiger partial charge in [0.2, 0.25) is 0 Å². The molecule has 4 nitrogen and oxygen atoms in total. The maximum Gasteiger partial charge on any atom is 0.125 e. The fourth-order valence-electron chi connectivity index (χ4n) is 3.30. The molecule has 0 bridgehead atoms. The maximum atomic E-state index is 6.19. The number of methoxy groups -OCH3 is 1. The van der Waals surface area contributed by atoms with Crippen molar-refractivity contribution in [3.8, 4) is 5.75 Å². The minimum Gasteiger partial charge on any atom is -0.496 e. The highest BCUT2D eigenvalue weighted by atomic mass is 16.5. The lowest BCUT2D eigenvalue weighted by atomic mass is 9.99. The van der Waals surface area contributed by atoms with Gasteiger partial charge >= 0.3 is 0 Å². The molecule has 1 aliphatic heterocycles. The summed E-state index contributed by atoms with van der Waals surface area (Å²) in [5.41, 5.74) is 8.51. The van der Waals surface area contributed by atoms with E-state index in [4.69, 9.17) is 10.5 Å². The molecule has 0 aromatic heterocycles. The first-order chi connectivity index (χ1) is 10.1. The Morgan fingerprint density at radius 2 is 2.05 bits per heavy atom. The summed E-state index contributed by atoms with van der Waals surface area (Å²) in [6, 6.07) is 6.76. The summed E-state index contributed by atoms with van der Waals surface area (Å²) in [4.78, 5) is 4.91. The Morgan fingerprint density at radius 1 is 1.38 bits per heavy atom. The SMILES string of the molecule is CCN1CCC(N(C)c2cccc(OC)c2[C@@H](C)N)CC1. The first-order valence-electron chi connectivity index (χ1n) is 7.96. The summed E-state index contributed by atoms with van der Waals surface area (Å²) >= 11 is 0. The molecule has 4 heteroatoms. The molecule has 1 aromatic carbocycles. The average molecular weight is 291 g/mol. The molecule has 21 heavy (non-hydrogen) atoms. The molecule has 0 saturated carbocycles. The molecule has 1 heterocycles. The van der Waals surface area contributed by atoms with Crippen LogP contribution in [0.5, 0.6) is 5.75 Å². The molecule has 0 unspecified atom stereocenters. The molecule has 0 amide bonds. The summed E-state index contributed by atoms with van der Waals surface area (Å²) in [7, 11) is 3.90. The Morgan fingerprint density at radius 3 is 2.57 bits per heavy atom. The van der Waals surface area contributed by atoms with Crippen LogP contribution in [0.25, 0.3) is 0 Å². The lowest BCUT2D eigenvalue weighted by molar-refractivity contribution is 0.220. The zero-order valence-corrected chi connectivity index (χ0v) is 13.8. The zero-order valence-electron chi connectivity index (χ0n) is 13.8. The Labute approximate surface area is 128 Å². The molecule has 118 valence electrons. The normalized spacial score (nSPS) is 18.5. The van der Waals surface area contributed by atoms with Gasteiger partial charge in [0.1, 0.15) is 5.75 Å². The van der Waals surface area contributed by atoms with E-state index in [1.165, 1.54) is 31.6 Å². The van der Waals surface area contributed by atoms with E-state index in [-0.39, 0.29) is 6.04 Å². The van der Waals surface area contributed by atoms with E-state index in [9.17, 15) is 0 Å². The van der Waals surface area contributed by atoms with Crippen LogP contribution in [0, 0.1) is 0 Å². The van der Waals surface area contributed by atoms with Crippen LogP contribution in [0.1, 0.15) is 38.3 Å². The number of nitrogens with two attached hydrogens (primary N) is 1. The third kappa shape index (κ3) is 3.50. The molecule has 2 N–H and O–H groups in total. The van der Waals surface area contributed by atoms with Gasteiger partial charge in [-0.05, 0) is 38.4 Å². The highest BCUT2D eigenvalue weighted by molar-refractivity contribution is 5.61. The van der Waals surface area contributed by atoms with Gasteiger partial charge < -0.3 is 20.3 Å². The maximum absolute atomic E-state index is 6.19. The van der Waals surface area contributed by atoms with Gasteiger partial charge in [0.25, 0.3) is 0 Å². The van der Waals surface area contributed by atoms with Crippen LogP contribution < -0.4 is 15.4 Å². The van der Waals surface area contributed by atoms with Crippen molar-refractivity contribution in [2.75, 3.05) is 38.7 Å². The highest BCUT2D eigenvalue weighted by Gasteiger charge is 2.25. The molecule has 0 radical (unpaired) electrons. The molecule has 1 atom stereocenters. The topological polar surface area (TPSA) is 41.7 Å². The number of ether oxygens (including phenoxy) is 1. The van der Waals surface area contributed by atoms with Gasteiger partial charge in [-0.1, -0.05) is 13.0 Å². The van der Waals surface area contributed by atoms with E-state index in [1.54, 1.807) is 7.11 Å². The molecule has 1 saturated heterocycles. The lowest BCUT2D eigenvalue weighted by Gasteiger charge is -2.38. The Hall–Kier alpha value is -1.26. The monoisotopic (exact) mass is 291 g/mol. The first-order valence-corrected chi connectivity index (χ1v) is 7.96. The summed E-state index contributed by atoms with van der Waals surface area (Å²) in [5.74, 6) is 0.889. The van der Waals surface area contributed by atoms with Gasteiger partial charge in [-0.3, -0.25) is 0 Å². The first kappa shape index (κ1) is 16.1. The van der Waals surface area contributed by atoms with Crippen molar-refractivity contribution in [3.63, 3.8) is 0 Å². The van der Waals surface area contributed by atoms with E-state index in [1.807, 2.05) is 13.0 Å². The Balaban J connectivity index is 2.21. The second-order valence-electron chi connectivity index (χ2n) is 5.96. The number of hydrogen-bond acceptors (Lipinski definition) is 4. The second kappa shape index (κ2) is 7.14. The lowest BCUT2D eigenvalue weighted by Crippen LogP contribution is -2.43. The van der Waals surface area contributed by atoms with Gasteiger partial charge in [0.15, 0.2) is 0 Å². The predicted molar refractivity (Wildman–Crippen MR) is 89.1 cm³/mol. The van der Waals surface area contributed by atoms with Crippen LogP contribution in [0.15, 0.2) is 18.2 Å². The zero-order chi connectivity index (χ0) is 15.4. The number of rotatable bonds is 5. The second-order valence-corrected chi connectivity index (χ2v) is 5.96. The molecule has 1 aromatic rings. The Kier molecular flexibility index (Phi) is 5.48. The quantitative estimate of drug-likeness (QED) is 0.905. The van der Waals surface area contributed by atoms with Gasteiger partial charge in [-0.15, -0.1) is 0 Å². The summed E-state index contributed by atoms with van der Waals surface area (Å²) < 4.78 is 5.50. The third-order valence-electron chi connectivity index (χ3n) is 4.65. The minimum absolute atomic E-state index is 0.0330. The summed E-state index contributed by atoms with van der Waals surface area (Å²) in [6.07, 6.45) is 2.42. The number of hydrogen-bond donors (Lipinski definition) is 1. The molecule has 0 spiro atoms. The average Bonchev–Trinajstić information content (AvgIpc) is 2.53. The number of likely N-dealkylation sites (tertiary alicyclic amines) is 1. The fraction of sp³-hybridized carbons (Fsp3) is 0.647. The van der Waals surface area contributed by atoms with Crippen LogP contribution in [0.4, 0.5) is 5.69 Å². The van der Waals surface area contributed by atoms with Crippen molar-refractivity contribution in [2.24, 2.45) is 5.73 Å². The molecular weight excluding hydrogens is 262 g/mol. The van der Waals surface area contributed by atoms with Crippen molar-refractivity contribution in [3.05, 3.63) is 23.8 Å². The van der Waals surface area contributed by atoms with Crippen molar-refractivity contribution >= 4 is 5.69 Å². The van der Waals surface area contributed by atoms with E-state index >= 15 is 0 Å². The molecule has 2 rings (SSSR count). The van der Waals surface area contributed by atoms with Crippen LogP contribution in [0.2, 0.25) is 0 Å². The van der Waals surface area contributed by atoms with Crippen molar-refractivity contribution in [1.29, 1.82) is 0 Å². The van der Waals surface area contributed by atoms with E-state index in [2.05, 4.69) is 35.9 Å². The number of benzene rings is 1. The van der Waals surface area contributed by atoms with Crippen molar-refractivity contribution in [2.45, 2.75) is 38.8 Å². The van der Waals surface area contributed by atoms with Gasteiger partial charge in [-0.25, -0.2) is 0 Å². The molecular formula is C17H29N3O. The van der Waals surface area contributed by atoms with Crippen LogP contribution in [-0.2, 0) is 0 Å². The van der Waals surface area contributed by atoms with E-state index in [0.717, 1.165) is 17.9 Å². The third-order valence-corrected chi connectivity index (χ3v) is 4.65. The highest BCUT2D eigenvalue weighted by Crippen LogP contribution is 2.35. The van der Waals surface area contributed by atoms with Gasteiger partial charge in [0.05, 0.1) is 7.11 Å². The molecule has 1 fully saturated rings. The van der Waals surface area contributed by atoms with E-state index in [0.29, 0.717) is 6.04 Å². The fourth-order valence-corrected chi connectivity index (χ4v) is 3.30. The smallest absolute Gasteiger partial charge is 0.125 e. The van der Waals surface area contributed by atoms with Crippen LogP contribution in [-0.4, -0.2) is 44.7 Å². The minimum atomic E-state index is -0.0330. The van der Waals surface area contributed by atoms with Crippen LogP contribution >= 0.6 is 0 Å². The van der Waals surface area contributed by atoms with Gasteiger partial charge in [0, 0.05) is 43.5 Å². The van der Waals surface area contributed by atoms with E-state index < -0.39 is 0 Å². The summed E-state index contributed by atoms with van der Waals surface area (Å²) in [6.45, 7) is 7.78. The van der Waals surface area contributed by atoms with Crippen molar-refractivity contribution < 1.29 is 4.74 Å². The van der Waals surface area contributed by atoms with Crippen molar-refractivity contribution in [1.82, 2.24) is 4.90 Å². The largest absolute Gasteiger partial charge is 0.496 e. The number of nitrogens with zero attached hydrogens (tertiary/aromatic N) is 2. The molecule has 1 aliphatic rings. The molecule has 0 aliphatic carbocycles. The van der Waals surface area contributed by atoms with Crippen LogP contribution in [0.3, 0.4) is 0 Å². The number of anilines is 1. The Bertz CT molecular complexity index is 453.